The Morgan fingerprint density at radius 3 is 2.36 bits per heavy atom. The molecule has 0 aromatic heterocycles. The first-order valence-electron chi connectivity index (χ1n) is 4.79. The predicted molar refractivity (Wildman–Crippen MR) is 61.5 cm³/mol. The van der Waals surface area contributed by atoms with E-state index in [-0.39, 0.29) is 6.61 Å². The van der Waals surface area contributed by atoms with Crippen LogP contribution in [0.5, 0.6) is 0 Å². The van der Waals surface area contributed by atoms with E-state index in [9.17, 15) is 0 Å². The highest BCUT2D eigenvalue weighted by molar-refractivity contribution is 5.55. The summed E-state index contributed by atoms with van der Waals surface area (Å²) in [4.78, 5) is 2.07. The van der Waals surface area contributed by atoms with Crippen LogP contribution in [0.3, 0.4) is 0 Å². The van der Waals surface area contributed by atoms with Crippen LogP contribution in [0.25, 0.3) is 6.08 Å². The largest absolute Gasteiger partial charge is 0.396 e. The van der Waals surface area contributed by atoms with Crippen LogP contribution < -0.4 is 4.90 Å². The second kappa shape index (κ2) is 5.45. The minimum absolute atomic E-state index is 0.215. The molecule has 2 nitrogen and oxygen atoms in total. The fourth-order valence-electron chi connectivity index (χ4n) is 1.18. The highest BCUT2D eigenvalue weighted by Gasteiger charge is 1.92. The van der Waals surface area contributed by atoms with Gasteiger partial charge in [-0.3, -0.25) is 0 Å². The Labute approximate surface area is 85.5 Å². The molecule has 0 aliphatic heterocycles. The SMILES string of the molecule is CN(C)c1ccc(C=CCCO)cc1. The number of hydrogen-bond acceptors (Lipinski definition) is 2. The highest BCUT2D eigenvalue weighted by atomic mass is 16.2. The first-order valence-corrected chi connectivity index (χ1v) is 4.79. The standard InChI is InChI=1S/C12H17NO/c1-13(2)12-8-6-11(7-9-12)5-3-4-10-14/h3,5-9,14H,4,10H2,1-2H3. The molecule has 1 rings (SSSR count). The summed E-state index contributed by atoms with van der Waals surface area (Å²) in [6.07, 6.45) is 4.72. The third-order valence-electron chi connectivity index (χ3n) is 2.02. The molecular weight excluding hydrogens is 174 g/mol. The summed E-state index contributed by atoms with van der Waals surface area (Å²) >= 11 is 0. The summed E-state index contributed by atoms with van der Waals surface area (Å²) in [6, 6.07) is 8.31. The zero-order valence-corrected chi connectivity index (χ0v) is 8.77. The molecule has 0 aliphatic rings. The zero-order valence-electron chi connectivity index (χ0n) is 8.77. The van der Waals surface area contributed by atoms with E-state index in [1.807, 2.05) is 26.2 Å². The van der Waals surface area contributed by atoms with E-state index in [1.165, 1.54) is 11.3 Å². The van der Waals surface area contributed by atoms with Gasteiger partial charge in [0.2, 0.25) is 0 Å². The predicted octanol–water partition coefficient (Wildman–Crippen LogP) is 2.15. The summed E-state index contributed by atoms with van der Waals surface area (Å²) in [5.41, 5.74) is 2.37. The van der Waals surface area contributed by atoms with Crippen LogP contribution in [0, 0.1) is 0 Å². The Kier molecular flexibility index (Phi) is 4.20. The van der Waals surface area contributed by atoms with Gasteiger partial charge < -0.3 is 10.0 Å². The number of nitrogens with zero attached hydrogens (tertiary/aromatic N) is 1. The minimum Gasteiger partial charge on any atom is -0.396 e. The van der Waals surface area contributed by atoms with Crippen LogP contribution in [0.4, 0.5) is 5.69 Å². The van der Waals surface area contributed by atoms with Crippen LogP contribution in [0.15, 0.2) is 30.3 Å². The Morgan fingerprint density at radius 1 is 1.21 bits per heavy atom. The van der Waals surface area contributed by atoms with Crippen LogP contribution in [0.2, 0.25) is 0 Å². The van der Waals surface area contributed by atoms with Crippen molar-refractivity contribution in [2.75, 3.05) is 25.6 Å². The molecule has 0 heterocycles. The maximum atomic E-state index is 8.60. The van der Waals surface area contributed by atoms with Gasteiger partial charge in [-0.15, -0.1) is 0 Å². The van der Waals surface area contributed by atoms with E-state index < -0.39 is 0 Å². The lowest BCUT2D eigenvalue weighted by Gasteiger charge is -2.11. The van der Waals surface area contributed by atoms with Crippen LogP contribution in [0.1, 0.15) is 12.0 Å². The maximum Gasteiger partial charge on any atom is 0.0465 e. The van der Waals surface area contributed by atoms with Crippen molar-refractivity contribution in [1.82, 2.24) is 0 Å². The molecule has 0 saturated carbocycles. The van der Waals surface area contributed by atoms with Gasteiger partial charge in [-0.1, -0.05) is 24.3 Å². The maximum absolute atomic E-state index is 8.60. The van der Waals surface area contributed by atoms with Crippen molar-refractivity contribution in [3.05, 3.63) is 35.9 Å². The topological polar surface area (TPSA) is 23.5 Å². The van der Waals surface area contributed by atoms with Crippen LogP contribution >= 0.6 is 0 Å². The van der Waals surface area contributed by atoms with Crippen molar-refractivity contribution in [2.24, 2.45) is 0 Å². The fourth-order valence-corrected chi connectivity index (χ4v) is 1.18. The summed E-state index contributed by atoms with van der Waals surface area (Å²) in [7, 11) is 4.05. The summed E-state index contributed by atoms with van der Waals surface area (Å²) in [5, 5.41) is 8.60. The van der Waals surface area contributed by atoms with Crippen molar-refractivity contribution in [3.8, 4) is 0 Å². The van der Waals surface area contributed by atoms with Crippen molar-refractivity contribution < 1.29 is 5.11 Å². The zero-order chi connectivity index (χ0) is 10.4. The van der Waals surface area contributed by atoms with Gasteiger partial charge in [-0.2, -0.15) is 0 Å². The summed E-state index contributed by atoms with van der Waals surface area (Å²) in [5.74, 6) is 0. The molecule has 1 N–H and O–H groups in total. The van der Waals surface area contributed by atoms with Crippen LogP contribution in [-0.4, -0.2) is 25.8 Å². The van der Waals surface area contributed by atoms with Gasteiger partial charge in [0.1, 0.15) is 0 Å². The molecule has 1 aromatic rings. The summed E-state index contributed by atoms with van der Waals surface area (Å²) < 4.78 is 0. The lowest BCUT2D eigenvalue weighted by atomic mass is 10.2. The Bertz CT molecular complexity index is 288. The van der Waals surface area contributed by atoms with E-state index in [4.69, 9.17) is 5.11 Å². The van der Waals surface area contributed by atoms with Gasteiger partial charge in [0.05, 0.1) is 0 Å². The molecule has 0 unspecified atom stereocenters. The average molecular weight is 191 g/mol. The fraction of sp³-hybridized carbons (Fsp3) is 0.333. The number of aliphatic hydroxyl groups is 1. The number of aliphatic hydroxyl groups excluding tert-OH is 1. The smallest absolute Gasteiger partial charge is 0.0465 e. The molecule has 14 heavy (non-hydrogen) atoms. The molecule has 2 heteroatoms. The van der Waals surface area contributed by atoms with Gasteiger partial charge in [-0.05, 0) is 24.1 Å². The van der Waals surface area contributed by atoms with Gasteiger partial charge in [0.15, 0.2) is 0 Å². The number of rotatable bonds is 4. The first-order chi connectivity index (χ1) is 6.74. The van der Waals surface area contributed by atoms with Crippen molar-refractivity contribution in [3.63, 3.8) is 0 Å². The Hall–Kier alpha value is -1.28. The van der Waals surface area contributed by atoms with E-state index in [0.717, 1.165) is 6.42 Å². The molecule has 0 amide bonds. The second-order valence-electron chi connectivity index (χ2n) is 3.40. The quantitative estimate of drug-likeness (QED) is 0.788. The van der Waals surface area contributed by atoms with Gasteiger partial charge >= 0.3 is 0 Å². The van der Waals surface area contributed by atoms with E-state index in [2.05, 4.69) is 29.2 Å². The molecule has 0 radical (unpaired) electrons. The van der Waals surface area contributed by atoms with Crippen molar-refractivity contribution >= 4 is 11.8 Å². The first kappa shape index (κ1) is 10.8. The molecule has 1 aromatic carbocycles. The van der Waals surface area contributed by atoms with E-state index in [0.29, 0.717) is 0 Å². The molecule has 0 saturated heterocycles. The minimum atomic E-state index is 0.215. The van der Waals surface area contributed by atoms with Gasteiger partial charge in [-0.25, -0.2) is 0 Å². The van der Waals surface area contributed by atoms with Crippen molar-refractivity contribution in [2.45, 2.75) is 6.42 Å². The highest BCUT2D eigenvalue weighted by Crippen LogP contribution is 2.13. The monoisotopic (exact) mass is 191 g/mol. The number of hydrogen-bond donors (Lipinski definition) is 1. The average Bonchev–Trinajstić information content (AvgIpc) is 2.19. The van der Waals surface area contributed by atoms with Crippen molar-refractivity contribution in [1.29, 1.82) is 0 Å². The van der Waals surface area contributed by atoms with E-state index >= 15 is 0 Å². The molecule has 0 atom stereocenters. The molecule has 0 fully saturated rings. The Morgan fingerprint density at radius 2 is 1.86 bits per heavy atom. The normalized spacial score (nSPS) is 10.8. The second-order valence-corrected chi connectivity index (χ2v) is 3.40. The molecular formula is C12H17NO. The molecule has 0 aliphatic carbocycles. The third kappa shape index (κ3) is 3.23. The lowest BCUT2D eigenvalue weighted by Crippen LogP contribution is -2.07. The van der Waals surface area contributed by atoms with E-state index in [1.54, 1.807) is 0 Å². The molecule has 0 bridgehead atoms. The lowest BCUT2D eigenvalue weighted by molar-refractivity contribution is 0.303. The van der Waals surface area contributed by atoms with Gasteiger partial charge in [0.25, 0.3) is 0 Å². The van der Waals surface area contributed by atoms with Gasteiger partial charge in [0, 0.05) is 26.4 Å². The third-order valence-corrected chi connectivity index (χ3v) is 2.02. The molecule has 0 spiro atoms. The Balaban J connectivity index is 2.64. The van der Waals surface area contributed by atoms with Crippen LogP contribution in [-0.2, 0) is 0 Å². The molecule has 76 valence electrons. The summed E-state index contributed by atoms with van der Waals surface area (Å²) in [6.45, 7) is 0.215. The number of anilines is 1. The number of benzene rings is 1.